The van der Waals surface area contributed by atoms with Crippen LogP contribution in [0.4, 0.5) is 15.4 Å². The Kier molecular flexibility index (Phi) is 4.87. The summed E-state index contributed by atoms with van der Waals surface area (Å²) >= 11 is 0. The molecule has 0 aromatic carbocycles. The molecule has 3 heterocycles. The predicted octanol–water partition coefficient (Wildman–Crippen LogP) is 2.83. The Bertz CT molecular complexity index is 611. The number of nitrogens with one attached hydrogen (secondary N) is 2. The molecule has 8 nitrogen and oxygen atoms in total. The Morgan fingerprint density at radius 2 is 2.20 bits per heavy atom. The normalized spacial score (nSPS) is 25.6. The average molecular weight is 350 g/mol. The van der Waals surface area contributed by atoms with E-state index in [0.717, 1.165) is 25.8 Å². The van der Waals surface area contributed by atoms with Crippen molar-refractivity contribution >= 4 is 17.9 Å². The number of ether oxygens (including phenoxy) is 1. The number of hydrogen-bond donors (Lipinski definition) is 2. The smallest absolute Gasteiger partial charge is 0.407 e. The van der Waals surface area contributed by atoms with Crippen LogP contribution in [0.3, 0.4) is 0 Å². The zero-order chi connectivity index (χ0) is 18.0. The van der Waals surface area contributed by atoms with E-state index >= 15 is 0 Å². The van der Waals surface area contributed by atoms with Gasteiger partial charge in [-0.05, 0) is 51.9 Å². The van der Waals surface area contributed by atoms with E-state index in [1.54, 1.807) is 6.07 Å². The topological polar surface area (TPSA) is 96.7 Å². The molecule has 3 atom stereocenters. The van der Waals surface area contributed by atoms with Crippen molar-refractivity contribution in [3.63, 3.8) is 0 Å². The third kappa shape index (κ3) is 4.43. The van der Waals surface area contributed by atoms with Gasteiger partial charge in [0.2, 0.25) is 0 Å². The fraction of sp³-hybridized carbons (Fsp3) is 0.706. The van der Waals surface area contributed by atoms with Crippen LogP contribution in [0.5, 0.6) is 0 Å². The van der Waals surface area contributed by atoms with Crippen molar-refractivity contribution in [3.05, 3.63) is 12.3 Å². The molecule has 1 aromatic rings. The molecule has 3 fully saturated rings. The van der Waals surface area contributed by atoms with Crippen molar-refractivity contribution in [1.29, 1.82) is 0 Å². The summed E-state index contributed by atoms with van der Waals surface area (Å²) in [4.78, 5) is 26.3. The molecule has 0 spiro atoms. The van der Waals surface area contributed by atoms with Gasteiger partial charge in [-0.25, -0.2) is 9.59 Å². The highest BCUT2D eigenvalue weighted by atomic mass is 16.6. The quantitative estimate of drug-likeness (QED) is 0.874. The van der Waals surface area contributed by atoms with E-state index in [9.17, 15) is 9.59 Å². The van der Waals surface area contributed by atoms with Gasteiger partial charge < -0.3 is 19.5 Å². The molecule has 2 N–H and O–H groups in total. The minimum atomic E-state index is -0.515. The number of nitrogens with zero attached hydrogens (tertiary/aromatic N) is 2. The van der Waals surface area contributed by atoms with Crippen LogP contribution in [0.1, 0.15) is 40.0 Å². The van der Waals surface area contributed by atoms with Crippen LogP contribution in [0, 0.1) is 11.8 Å². The number of urea groups is 1. The number of anilines is 1. The van der Waals surface area contributed by atoms with Gasteiger partial charge in [-0.15, -0.1) is 0 Å². The van der Waals surface area contributed by atoms with E-state index in [4.69, 9.17) is 9.26 Å². The minimum absolute atomic E-state index is 0.117. The van der Waals surface area contributed by atoms with E-state index in [0.29, 0.717) is 18.3 Å². The molecule has 2 saturated heterocycles. The third-order valence-corrected chi connectivity index (χ3v) is 4.75. The second kappa shape index (κ2) is 6.93. The van der Waals surface area contributed by atoms with Gasteiger partial charge in [-0.1, -0.05) is 5.16 Å². The number of carbonyl (C=O) groups excluding carboxylic acids is 2. The van der Waals surface area contributed by atoms with Crippen LogP contribution >= 0.6 is 0 Å². The average Bonchev–Trinajstić information content (AvgIpc) is 3.04. The number of hydrogen-bond acceptors (Lipinski definition) is 5. The number of fused-ring (bicyclic) bond motifs is 3. The molecule has 1 saturated carbocycles. The Morgan fingerprint density at radius 1 is 1.40 bits per heavy atom. The van der Waals surface area contributed by atoms with Crippen LogP contribution in [0.15, 0.2) is 16.9 Å². The molecule has 1 aromatic heterocycles. The van der Waals surface area contributed by atoms with Crippen LogP contribution in [-0.2, 0) is 4.74 Å². The number of carbonyl (C=O) groups is 2. The molecule has 2 bridgehead atoms. The second-order valence-electron chi connectivity index (χ2n) is 7.86. The summed E-state index contributed by atoms with van der Waals surface area (Å²) in [6.07, 6.45) is 4.12. The van der Waals surface area contributed by atoms with Gasteiger partial charge in [0, 0.05) is 25.2 Å². The van der Waals surface area contributed by atoms with Crippen molar-refractivity contribution in [2.75, 3.05) is 18.4 Å². The molecule has 2 aliphatic heterocycles. The van der Waals surface area contributed by atoms with Crippen molar-refractivity contribution in [2.24, 2.45) is 11.8 Å². The molecule has 25 heavy (non-hydrogen) atoms. The van der Waals surface area contributed by atoms with Gasteiger partial charge in [0.25, 0.3) is 0 Å². The van der Waals surface area contributed by atoms with Crippen molar-refractivity contribution in [1.82, 2.24) is 15.4 Å². The van der Waals surface area contributed by atoms with Gasteiger partial charge in [-0.3, -0.25) is 5.32 Å². The Balaban J connectivity index is 1.57. The maximum absolute atomic E-state index is 12.5. The number of amides is 3. The molecule has 0 radical (unpaired) electrons. The molecule has 1 aliphatic carbocycles. The van der Waals surface area contributed by atoms with E-state index in [1.807, 2.05) is 25.7 Å². The zero-order valence-electron chi connectivity index (χ0n) is 14.9. The standard InChI is InChI=1S/C17H26N4O4/c1-17(2,3)25-16(23)18-9-12-8-11-4-5-13(12)21(10-11)15(22)19-14-6-7-24-20-14/h6-7,11-13H,4-5,8-10H2,1-3H3,(H,18,23)(H,19,20,22). The fourth-order valence-electron chi connectivity index (χ4n) is 3.77. The largest absolute Gasteiger partial charge is 0.444 e. The lowest BCUT2D eigenvalue weighted by Gasteiger charge is -2.49. The predicted molar refractivity (Wildman–Crippen MR) is 91.1 cm³/mol. The first kappa shape index (κ1) is 17.6. The van der Waals surface area contributed by atoms with Crippen molar-refractivity contribution < 1.29 is 18.8 Å². The van der Waals surface area contributed by atoms with E-state index in [2.05, 4.69) is 15.8 Å². The maximum atomic E-state index is 12.5. The monoisotopic (exact) mass is 350 g/mol. The lowest BCUT2D eigenvalue weighted by atomic mass is 9.73. The van der Waals surface area contributed by atoms with E-state index < -0.39 is 11.7 Å². The summed E-state index contributed by atoms with van der Waals surface area (Å²) in [5.41, 5.74) is -0.515. The van der Waals surface area contributed by atoms with Gasteiger partial charge in [0.05, 0.1) is 0 Å². The van der Waals surface area contributed by atoms with Gasteiger partial charge >= 0.3 is 12.1 Å². The Morgan fingerprint density at radius 3 is 2.84 bits per heavy atom. The molecule has 138 valence electrons. The summed E-state index contributed by atoms with van der Waals surface area (Å²) in [5.74, 6) is 1.12. The summed E-state index contributed by atoms with van der Waals surface area (Å²) in [5, 5.41) is 9.33. The lowest BCUT2D eigenvalue weighted by molar-refractivity contribution is 0.0262. The van der Waals surface area contributed by atoms with Crippen LogP contribution in [0.2, 0.25) is 0 Å². The molecular formula is C17H26N4O4. The lowest BCUT2D eigenvalue weighted by Crippen LogP contribution is -2.58. The number of aromatic nitrogens is 1. The van der Waals surface area contributed by atoms with E-state index in [-0.39, 0.29) is 18.0 Å². The highest BCUT2D eigenvalue weighted by Crippen LogP contribution is 2.39. The van der Waals surface area contributed by atoms with Crippen molar-refractivity contribution in [3.8, 4) is 0 Å². The fourth-order valence-corrected chi connectivity index (χ4v) is 3.77. The molecule has 4 rings (SSSR count). The first-order valence-corrected chi connectivity index (χ1v) is 8.76. The minimum Gasteiger partial charge on any atom is -0.444 e. The van der Waals surface area contributed by atoms with Gasteiger partial charge in [0.1, 0.15) is 11.9 Å². The molecule has 3 aliphatic rings. The van der Waals surface area contributed by atoms with Gasteiger partial charge in [0.15, 0.2) is 5.82 Å². The van der Waals surface area contributed by atoms with E-state index in [1.165, 1.54) is 6.26 Å². The molecule has 3 amide bonds. The summed E-state index contributed by atoms with van der Waals surface area (Å²) in [7, 11) is 0. The third-order valence-electron chi connectivity index (χ3n) is 4.75. The first-order chi connectivity index (χ1) is 11.8. The molecular weight excluding hydrogens is 324 g/mol. The molecule has 3 unspecified atom stereocenters. The highest BCUT2D eigenvalue weighted by Gasteiger charge is 2.43. The van der Waals surface area contributed by atoms with Crippen molar-refractivity contribution in [2.45, 2.75) is 51.7 Å². The number of rotatable bonds is 3. The SMILES string of the molecule is CC(C)(C)OC(=O)NCC1CC2CCC1N(C(=O)Nc1ccon1)C2. The maximum Gasteiger partial charge on any atom is 0.407 e. The summed E-state index contributed by atoms with van der Waals surface area (Å²) in [6.45, 7) is 6.78. The Hall–Kier alpha value is -2.25. The summed E-state index contributed by atoms with van der Waals surface area (Å²) < 4.78 is 10.0. The first-order valence-electron chi connectivity index (χ1n) is 8.76. The summed E-state index contributed by atoms with van der Waals surface area (Å²) in [6, 6.07) is 1.57. The Labute approximate surface area is 147 Å². The zero-order valence-corrected chi connectivity index (χ0v) is 14.9. The van der Waals surface area contributed by atoms with Crippen LogP contribution in [0.25, 0.3) is 0 Å². The molecule has 8 heteroatoms. The second-order valence-corrected chi connectivity index (χ2v) is 7.86. The number of piperidine rings is 2. The van der Waals surface area contributed by atoms with Crippen LogP contribution < -0.4 is 10.6 Å². The van der Waals surface area contributed by atoms with Crippen LogP contribution in [-0.4, -0.2) is 46.9 Å². The van der Waals surface area contributed by atoms with Gasteiger partial charge in [-0.2, -0.15) is 0 Å². The number of alkyl carbamates (subject to hydrolysis) is 1. The highest BCUT2D eigenvalue weighted by molar-refractivity contribution is 5.88.